The van der Waals surface area contributed by atoms with E-state index in [0.717, 1.165) is 31.7 Å². The molecule has 0 saturated heterocycles. The smallest absolute Gasteiger partial charge is 0.496 e. The van der Waals surface area contributed by atoms with Crippen LogP contribution in [0.5, 0.6) is 11.5 Å². The molecule has 0 bridgehead atoms. The van der Waals surface area contributed by atoms with Crippen LogP contribution in [0, 0.1) is 5.92 Å². The van der Waals surface area contributed by atoms with Crippen molar-refractivity contribution in [2.45, 2.75) is 44.2 Å². The van der Waals surface area contributed by atoms with Crippen LogP contribution in [0.15, 0.2) is 18.2 Å². The van der Waals surface area contributed by atoms with E-state index < -0.39 is 18.5 Å². The van der Waals surface area contributed by atoms with E-state index in [0.29, 0.717) is 5.56 Å². The molecule has 0 unspecified atom stereocenters. The number of aliphatic hydroxyl groups excluding tert-OH is 1. The molecular formula is C15H20F3NO3. The lowest BCUT2D eigenvalue weighted by molar-refractivity contribution is -0.274. The minimum absolute atomic E-state index is 0.116. The van der Waals surface area contributed by atoms with E-state index in [1.54, 1.807) is 0 Å². The maximum atomic E-state index is 12.2. The van der Waals surface area contributed by atoms with Crippen molar-refractivity contribution in [2.24, 2.45) is 11.7 Å². The molecule has 0 radical (unpaired) electrons. The topological polar surface area (TPSA) is 64.7 Å². The highest BCUT2D eigenvalue weighted by atomic mass is 19.4. The molecule has 3 N–H and O–H groups in total. The summed E-state index contributed by atoms with van der Waals surface area (Å²) in [5, 5.41) is 10.4. The quantitative estimate of drug-likeness (QED) is 0.875. The van der Waals surface area contributed by atoms with E-state index >= 15 is 0 Å². The molecule has 1 aliphatic rings. The summed E-state index contributed by atoms with van der Waals surface area (Å²) in [6, 6.07) is 3.00. The molecule has 22 heavy (non-hydrogen) atoms. The van der Waals surface area contributed by atoms with Gasteiger partial charge in [0.15, 0.2) is 0 Å². The molecule has 7 heteroatoms. The summed E-state index contributed by atoms with van der Waals surface area (Å²) in [5.74, 6) is -0.0900. The number of halogens is 3. The molecule has 2 rings (SSSR count). The second kappa shape index (κ2) is 6.75. The summed E-state index contributed by atoms with van der Waals surface area (Å²) >= 11 is 0. The van der Waals surface area contributed by atoms with Gasteiger partial charge in [-0.25, -0.2) is 0 Å². The zero-order valence-electron chi connectivity index (χ0n) is 12.3. The van der Waals surface area contributed by atoms with Crippen LogP contribution in [0.2, 0.25) is 0 Å². The van der Waals surface area contributed by atoms with Crippen molar-refractivity contribution in [1.29, 1.82) is 0 Å². The molecule has 0 amide bonds. The molecule has 1 aliphatic carbocycles. The van der Waals surface area contributed by atoms with Crippen molar-refractivity contribution in [3.8, 4) is 11.5 Å². The van der Waals surface area contributed by atoms with E-state index in [1.807, 2.05) is 0 Å². The standard InChI is InChI=1S/C15H20F3NO3/c1-21-12-8-10(22-15(16,17)18)6-7-11(12)13(19)14(20)9-4-2-3-5-9/h6-9,13-14,20H,2-5,19H2,1H3/t13-,14+/m0/s1. The van der Waals surface area contributed by atoms with E-state index in [4.69, 9.17) is 10.5 Å². The first-order valence-electron chi connectivity index (χ1n) is 7.19. The lowest BCUT2D eigenvalue weighted by Crippen LogP contribution is -2.32. The Balaban J connectivity index is 2.19. The molecule has 1 fully saturated rings. The summed E-state index contributed by atoms with van der Waals surface area (Å²) in [6.45, 7) is 0. The average molecular weight is 319 g/mol. The fraction of sp³-hybridized carbons (Fsp3) is 0.600. The highest BCUT2D eigenvalue weighted by Gasteiger charge is 2.33. The predicted molar refractivity (Wildman–Crippen MR) is 74.6 cm³/mol. The van der Waals surface area contributed by atoms with E-state index in [1.165, 1.54) is 19.2 Å². The number of rotatable bonds is 5. The normalized spacial score (nSPS) is 19.0. The third-order valence-electron chi connectivity index (χ3n) is 4.05. The van der Waals surface area contributed by atoms with E-state index in [-0.39, 0.29) is 17.4 Å². The van der Waals surface area contributed by atoms with Crippen LogP contribution in [-0.4, -0.2) is 24.7 Å². The Kier molecular flexibility index (Phi) is 5.18. The Morgan fingerprint density at radius 1 is 1.27 bits per heavy atom. The van der Waals surface area contributed by atoms with Gasteiger partial charge in [0.25, 0.3) is 0 Å². The number of methoxy groups -OCH3 is 1. The molecule has 1 aromatic carbocycles. The molecule has 0 heterocycles. The number of aliphatic hydroxyl groups is 1. The lowest BCUT2D eigenvalue weighted by atomic mass is 9.90. The van der Waals surface area contributed by atoms with Crippen molar-refractivity contribution in [2.75, 3.05) is 7.11 Å². The van der Waals surface area contributed by atoms with Crippen molar-refractivity contribution in [3.05, 3.63) is 23.8 Å². The Morgan fingerprint density at radius 3 is 2.45 bits per heavy atom. The highest BCUT2D eigenvalue weighted by Crippen LogP contribution is 2.37. The summed E-state index contributed by atoms with van der Waals surface area (Å²) in [6.07, 6.45) is -1.57. The number of ether oxygens (including phenoxy) is 2. The molecule has 0 aromatic heterocycles. The number of hydrogen-bond acceptors (Lipinski definition) is 4. The van der Waals surface area contributed by atoms with Gasteiger partial charge in [-0.15, -0.1) is 13.2 Å². The first-order chi connectivity index (χ1) is 10.3. The molecule has 124 valence electrons. The first-order valence-corrected chi connectivity index (χ1v) is 7.19. The highest BCUT2D eigenvalue weighted by molar-refractivity contribution is 5.43. The van der Waals surface area contributed by atoms with Crippen LogP contribution >= 0.6 is 0 Å². The SMILES string of the molecule is COc1cc(OC(F)(F)F)ccc1[C@H](N)[C@H](O)C1CCCC1. The van der Waals surface area contributed by atoms with Crippen molar-refractivity contribution < 1.29 is 27.8 Å². The Labute approximate surface area is 127 Å². The maximum absolute atomic E-state index is 12.2. The van der Waals surface area contributed by atoms with Crippen molar-refractivity contribution in [3.63, 3.8) is 0 Å². The van der Waals surface area contributed by atoms with Gasteiger partial charge in [-0.1, -0.05) is 12.8 Å². The Morgan fingerprint density at radius 2 is 1.91 bits per heavy atom. The van der Waals surface area contributed by atoms with Crippen LogP contribution < -0.4 is 15.2 Å². The van der Waals surface area contributed by atoms with Gasteiger partial charge in [0, 0.05) is 11.6 Å². The Bertz CT molecular complexity index is 501. The number of alkyl halides is 3. The van der Waals surface area contributed by atoms with Crippen molar-refractivity contribution >= 4 is 0 Å². The van der Waals surface area contributed by atoms with Crippen LogP contribution in [0.1, 0.15) is 37.3 Å². The zero-order valence-corrected chi connectivity index (χ0v) is 12.3. The third-order valence-corrected chi connectivity index (χ3v) is 4.05. The summed E-state index contributed by atoms with van der Waals surface area (Å²) < 4.78 is 45.7. The summed E-state index contributed by atoms with van der Waals surface area (Å²) in [4.78, 5) is 0. The van der Waals surface area contributed by atoms with Crippen molar-refractivity contribution in [1.82, 2.24) is 0 Å². The van der Waals surface area contributed by atoms with Crippen LogP contribution in [0.3, 0.4) is 0 Å². The fourth-order valence-corrected chi connectivity index (χ4v) is 2.94. The minimum Gasteiger partial charge on any atom is -0.496 e. The van der Waals surface area contributed by atoms with Gasteiger partial charge in [0.2, 0.25) is 0 Å². The largest absolute Gasteiger partial charge is 0.573 e. The van der Waals surface area contributed by atoms with E-state index in [9.17, 15) is 18.3 Å². The number of hydrogen-bond donors (Lipinski definition) is 2. The molecule has 0 aliphatic heterocycles. The third kappa shape index (κ3) is 4.04. The van der Waals surface area contributed by atoms with E-state index in [2.05, 4.69) is 4.74 Å². The molecule has 4 nitrogen and oxygen atoms in total. The summed E-state index contributed by atoms with van der Waals surface area (Å²) in [7, 11) is 1.34. The monoisotopic (exact) mass is 319 g/mol. The number of nitrogens with two attached hydrogens (primary N) is 1. The van der Waals surface area contributed by atoms with Gasteiger partial charge in [0.05, 0.1) is 19.3 Å². The van der Waals surface area contributed by atoms with Gasteiger partial charge in [-0.3, -0.25) is 0 Å². The van der Waals surface area contributed by atoms with Gasteiger partial charge in [-0.2, -0.15) is 0 Å². The van der Waals surface area contributed by atoms with Gasteiger partial charge >= 0.3 is 6.36 Å². The second-order valence-electron chi connectivity index (χ2n) is 5.51. The van der Waals surface area contributed by atoms with Gasteiger partial charge in [-0.05, 0) is 30.9 Å². The molecule has 2 atom stereocenters. The predicted octanol–water partition coefficient (Wildman–Crippen LogP) is 3.14. The first kappa shape index (κ1) is 16.9. The maximum Gasteiger partial charge on any atom is 0.573 e. The second-order valence-corrected chi connectivity index (χ2v) is 5.51. The van der Waals surface area contributed by atoms with Crippen LogP contribution in [0.25, 0.3) is 0 Å². The number of benzene rings is 1. The zero-order chi connectivity index (χ0) is 16.3. The molecular weight excluding hydrogens is 299 g/mol. The lowest BCUT2D eigenvalue weighted by Gasteiger charge is -2.26. The molecule has 0 spiro atoms. The minimum atomic E-state index is -4.77. The summed E-state index contributed by atoms with van der Waals surface area (Å²) in [5.41, 5.74) is 6.55. The van der Waals surface area contributed by atoms with Crippen LogP contribution in [0.4, 0.5) is 13.2 Å². The van der Waals surface area contributed by atoms with Gasteiger partial charge in [0.1, 0.15) is 11.5 Å². The molecule has 1 aromatic rings. The van der Waals surface area contributed by atoms with Gasteiger partial charge < -0.3 is 20.3 Å². The fourth-order valence-electron chi connectivity index (χ4n) is 2.94. The Hall–Kier alpha value is -1.47. The average Bonchev–Trinajstić information content (AvgIpc) is 2.98. The van der Waals surface area contributed by atoms with Crippen LogP contribution in [-0.2, 0) is 0 Å². The molecule has 1 saturated carbocycles.